The maximum Gasteiger partial charge on any atom is 0.257 e. The van der Waals surface area contributed by atoms with Crippen molar-refractivity contribution in [2.45, 2.75) is 51.6 Å². The Bertz CT molecular complexity index is 1490. The van der Waals surface area contributed by atoms with Gasteiger partial charge in [0.25, 0.3) is 5.91 Å². The maximum absolute atomic E-state index is 13.4. The summed E-state index contributed by atoms with van der Waals surface area (Å²) < 4.78 is 38.2. The second kappa shape index (κ2) is 12.7. The molecule has 3 aromatic rings. The van der Waals surface area contributed by atoms with Gasteiger partial charge in [-0.25, -0.2) is 8.42 Å². The number of amides is 1. The molecule has 1 aliphatic rings. The van der Waals surface area contributed by atoms with E-state index in [1.807, 2.05) is 45.0 Å². The predicted molar refractivity (Wildman–Crippen MR) is 163 cm³/mol. The number of aliphatic hydroxyl groups excluding tert-OH is 1. The summed E-state index contributed by atoms with van der Waals surface area (Å²) in [5.74, 6) is 0.167. The van der Waals surface area contributed by atoms with Crippen LogP contribution in [0.15, 0.2) is 48.5 Å². The SMILES string of the molecule is COc1c(NC(=O)C(O)c2ccc(OCCN3CCCCC3)c3ccccc23)cc(C(C)(C)C)cc1NS(C)(=O)=O. The number of benzene rings is 3. The molecule has 0 bridgehead atoms. The fourth-order valence-electron chi connectivity index (χ4n) is 5.12. The quantitative estimate of drug-likeness (QED) is 0.306. The molecule has 0 aliphatic carbocycles. The number of hydrogen-bond donors (Lipinski definition) is 3. The standard InChI is InChI=1S/C31H41N3O6S/c1-31(2,3)21-19-25(29(39-4)26(20-21)33-41(5,37)38)32-30(36)28(35)24-13-14-27(23-12-8-7-11-22(23)24)40-18-17-34-15-9-6-10-16-34/h7-8,11-14,19-20,28,33,35H,6,9-10,15-18H2,1-5H3,(H,32,36). The van der Waals surface area contributed by atoms with Gasteiger partial charge in [-0.05, 0) is 66.1 Å². The highest BCUT2D eigenvalue weighted by molar-refractivity contribution is 7.92. The summed E-state index contributed by atoms with van der Waals surface area (Å²) >= 11 is 0. The zero-order chi connectivity index (χ0) is 29.8. The highest BCUT2D eigenvalue weighted by Gasteiger charge is 2.26. The van der Waals surface area contributed by atoms with E-state index in [1.54, 1.807) is 24.3 Å². The minimum absolute atomic E-state index is 0.145. The number of likely N-dealkylation sites (tertiary alicyclic amines) is 1. The number of carbonyl (C=O) groups is 1. The number of nitrogens with zero attached hydrogens (tertiary/aromatic N) is 1. The molecule has 1 heterocycles. The molecular formula is C31H41N3O6S. The van der Waals surface area contributed by atoms with Crippen LogP contribution in [0, 0.1) is 0 Å². The number of aliphatic hydroxyl groups is 1. The summed E-state index contributed by atoms with van der Waals surface area (Å²) in [6.45, 7) is 9.53. The number of fused-ring (bicyclic) bond motifs is 1. The van der Waals surface area contributed by atoms with E-state index >= 15 is 0 Å². The summed E-state index contributed by atoms with van der Waals surface area (Å²) in [6, 6.07) is 14.4. The summed E-state index contributed by atoms with van der Waals surface area (Å²) in [5.41, 5.74) is 1.28. The number of rotatable bonds is 10. The van der Waals surface area contributed by atoms with Crippen LogP contribution in [0.2, 0.25) is 0 Å². The number of anilines is 2. The van der Waals surface area contributed by atoms with E-state index in [-0.39, 0.29) is 22.5 Å². The van der Waals surface area contributed by atoms with Crippen LogP contribution in [-0.2, 0) is 20.2 Å². The number of hydrogen-bond acceptors (Lipinski definition) is 7. The molecule has 10 heteroatoms. The first-order valence-electron chi connectivity index (χ1n) is 13.9. The lowest BCUT2D eigenvalue weighted by Crippen LogP contribution is -2.33. The Labute approximate surface area is 242 Å². The Kier molecular flexibility index (Phi) is 9.46. The molecule has 1 unspecified atom stereocenters. The third-order valence-corrected chi connectivity index (χ3v) is 7.88. The monoisotopic (exact) mass is 583 g/mol. The number of methoxy groups -OCH3 is 1. The first kappa shape index (κ1) is 30.6. The molecule has 1 amide bonds. The van der Waals surface area contributed by atoms with Crippen molar-refractivity contribution in [3.05, 3.63) is 59.7 Å². The summed E-state index contributed by atoms with van der Waals surface area (Å²) in [5, 5.41) is 15.5. The van der Waals surface area contributed by atoms with Crippen LogP contribution < -0.4 is 19.5 Å². The molecule has 4 rings (SSSR count). The average molecular weight is 584 g/mol. The van der Waals surface area contributed by atoms with Gasteiger partial charge in [0, 0.05) is 11.9 Å². The third kappa shape index (κ3) is 7.69. The average Bonchev–Trinajstić information content (AvgIpc) is 2.92. The predicted octanol–water partition coefficient (Wildman–Crippen LogP) is 5.05. The van der Waals surface area contributed by atoms with Crippen molar-refractivity contribution >= 4 is 38.1 Å². The lowest BCUT2D eigenvalue weighted by atomic mass is 9.86. The number of sulfonamides is 1. The van der Waals surface area contributed by atoms with E-state index in [0.717, 1.165) is 36.8 Å². The second-order valence-corrected chi connectivity index (χ2v) is 13.3. The molecule has 0 saturated carbocycles. The molecule has 0 aromatic heterocycles. The van der Waals surface area contributed by atoms with Gasteiger partial charge in [0.2, 0.25) is 10.0 Å². The molecule has 9 nitrogen and oxygen atoms in total. The Balaban J connectivity index is 1.60. The van der Waals surface area contributed by atoms with Crippen molar-refractivity contribution in [3.63, 3.8) is 0 Å². The number of nitrogens with one attached hydrogen (secondary N) is 2. The molecule has 1 saturated heterocycles. The van der Waals surface area contributed by atoms with Gasteiger partial charge in [-0.3, -0.25) is 14.4 Å². The zero-order valence-corrected chi connectivity index (χ0v) is 25.3. The highest BCUT2D eigenvalue weighted by Crippen LogP contribution is 2.40. The first-order valence-corrected chi connectivity index (χ1v) is 15.8. The third-order valence-electron chi connectivity index (χ3n) is 7.29. The van der Waals surface area contributed by atoms with Gasteiger partial charge in [0.05, 0.1) is 24.7 Å². The Hall–Kier alpha value is -3.34. The maximum atomic E-state index is 13.4. The molecule has 222 valence electrons. The van der Waals surface area contributed by atoms with Crippen LogP contribution in [0.25, 0.3) is 10.8 Å². The van der Waals surface area contributed by atoms with Crippen molar-refractivity contribution in [2.75, 3.05) is 49.6 Å². The van der Waals surface area contributed by atoms with E-state index in [1.165, 1.54) is 26.4 Å². The van der Waals surface area contributed by atoms with Crippen LogP contribution in [0.3, 0.4) is 0 Å². The molecule has 3 N–H and O–H groups in total. The van der Waals surface area contributed by atoms with Crippen molar-refractivity contribution in [2.24, 2.45) is 0 Å². The van der Waals surface area contributed by atoms with Crippen LogP contribution in [-0.4, -0.2) is 63.9 Å². The fourth-order valence-corrected chi connectivity index (χ4v) is 5.67. The minimum Gasteiger partial charge on any atom is -0.492 e. The Morgan fingerprint density at radius 1 is 1.02 bits per heavy atom. The normalized spacial score (nSPS) is 15.4. The Morgan fingerprint density at radius 3 is 2.32 bits per heavy atom. The first-order chi connectivity index (χ1) is 19.4. The van der Waals surface area contributed by atoms with Gasteiger partial charge in [-0.15, -0.1) is 0 Å². The largest absolute Gasteiger partial charge is 0.492 e. The molecule has 1 atom stereocenters. The minimum atomic E-state index is -3.62. The van der Waals surface area contributed by atoms with E-state index in [0.29, 0.717) is 23.3 Å². The van der Waals surface area contributed by atoms with Gasteiger partial charge in [-0.1, -0.05) is 57.5 Å². The molecule has 0 spiro atoms. The topological polar surface area (TPSA) is 117 Å². The van der Waals surface area contributed by atoms with Gasteiger partial charge in [-0.2, -0.15) is 0 Å². The summed E-state index contributed by atoms with van der Waals surface area (Å²) in [7, 11) is -2.23. The second-order valence-electron chi connectivity index (χ2n) is 11.6. The summed E-state index contributed by atoms with van der Waals surface area (Å²) in [4.78, 5) is 15.8. The van der Waals surface area contributed by atoms with Crippen molar-refractivity contribution in [1.82, 2.24) is 4.90 Å². The molecule has 1 aliphatic heterocycles. The zero-order valence-electron chi connectivity index (χ0n) is 24.5. The van der Waals surface area contributed by atoms with Gasteiger partial charge >= 0.3 is 0 Å². The van der Waals surface area contributed by atoms with Gasteiger partial charge in [0.1, 0.15) is 12.4 Å². The number of ether oxygens (including phenoxy) is 2. The van der Waals surface area contributed by atoms with Gasteiger partial charge < -0.3 is 19.9 Å². The van der Waals surface area contributed by atoms with E-state index in [4.69, 9.17) is 9.47 Å². The lowest BCUT2D eigenvalue weighted by molar-refractivity contribution is -0.124. The summed E-state index contributed by atoms with van der Waals surface area (Å²) in [6.07, 6.45) is 3.27. The lowest BCUT2D eigenvalue weighted by Gasteiger charge is -2.26. The van der Waals surface area contributed by atoms with Crippen molar-refractivity contribution in [1.29, 1.82) is 0 Å². The van der Waals surface area contributed by atoms with Crippen LogP contribution in [0.1, 0.15) is 57.3 Å². The van der Waals surface area contributed by atoms with E-state index in [9.17, 15) is 18.3 Å². The molecule has 41 heavy (non-hydrogen) atoms. The molecule has 1 fully saturated rings. The number of piperidine rings is 1. The van der Waals surface area contributed by atoms with Crippen LogP contribution in [0.4, 0.5) is 11.4 Å². The highest BCUT2D eigenvalue weighted by atomic mass is 32.2. The number of carbonyl (C=O) groups excluding carboxylic acids is 1. The van der Waals surface area contributed by atoms with Crippen LogP contribution >= 0.6 is 0 Å². The van der Waals surface area contributed by atoms with Crippen molar-refractivity contribution < 1.29 is 27.8 Å². The molecule has 0 radical (unpaired) electrons. The molecule has 3 aromatic carbocycles. The Morgan fingerprint density at radius 2 is 1.68 bits per heavy atom. The van der Waals surface area contributed by atoms with E-state index < -0.39 is 22.0 Å². The molecular weight excluding hydrogens is 542 g/mol. The van der Waals surface area contributed by atoms with E-state index in [2.05, 4.69) is 14.9 Å². The van der Waals surface area contributed by atoms with Crippen molar-refractivity contribution in [3.8, 4) is 11.5 Å². The smallest absolute Gasteiger partial charge is 0.257 e. The fraction of sp³-hybridized carbons (Fsp3) is 0.452. The van der Waals surface area contributed by atoms with Crippen LogP contribution in [0.5, 0.6) is 11.5 Å². The van der Waals surface area contributed by atoms with Gasteiger partial charge in [0.15, 0.2) is 11.9 Å².